The number of rotatable bonds is 7. The molecule has 0 saturated carbocycles. The molecule has 0 radical (unpaired) electrons. The van der Waals surface area contributed by atoms with Crippen LogP contribution in [-0.2, 0) is 14.8 Å². The first-order valence-corrected chi connectivity index (χ1v) is 10.3. The fourth-order valence-corrected chi connectivity index (χ4v) is 4.61. The van der Waals surface area contributed by atoms with Gasteiger partial charge in [-0.2, -0.15) is 4.31 Å². The third kappa shape index (κ3) is 4.36. The third-order valence-electron chi connectivity index (χ3n) is 4.66. The first kappa shape index (κ1) is 18.9. The molecule has 0 aromatic heterocycles. The molecule has 1 aromatic carbocycles. The van der Waals surface area contributed by atoms with Crippen molar-refractivity contribution in [1.82, 2.24) is 9.21 Å². The van der Waals surface area contributed by atoms with E-state index in [9.17, 15) is 13.2 Å². The first-order valence-electron chi connectivity index (χ1n) is 8.84. The number of sulfonamides is 1. The van der Waals surface area contributed by atoms with Crippen LogP contribution in [0.1, 0.15) is 39.5 Å². The van der Waals surface area contributed by atoms with Crippen LogP contribution in [-0.4, -0.2) is 49.7 Å². The molecule has 1 fully saturated rings. The summed E-state index contributed by atoms with van der Waals surface area (Å²) >= 11 is 0. The smallest absolute Gasteiger partial charge is 0.243 e. The highest BCUT2D eigenvalue weighted by Gasteiger charge is 2.33. The molecule has 24 heavy (non-hydrogen) atoms. The zero-order chi connectivity index (χ0) is 17.6. The van der Waals surface area contributed by atoms with Gasteiger partial charge in [0.25, 0.3) is 0 Å². The third-order valence-corrected chi connectivity index (χ3v) is 6.57. The molecule has 134 valence electrons. The van der Waals surface area contributed by atoms with Gasteiger partial charge in [-0.25, -0.2) is 8.42 Å². The van der Waals surface area contributed by atoms with Crippen molar-refractivity contribution in [2.75, 3.05) is 26.2 Å². The number of amides is 1. The van der Waals surface area contributed by atoms with Crippen molar-refractivity contribution in [2.45, 2.75) is 44.4 Å². The van der Waals surface area contributed by atoms with Crippen LogP contribution in [0.3, 0.4) is 0 Å². The number of nitrogens with zero attached hydrogens (tertiary/aromatic N) is 2. The van der Waals surface area contributed by atoms with Crippen LogP contribution in [0.5, 0.6) is 0 Å². The average Bonchev–Trinajstić information content (AvgIpc) is 2.63. The van der Waals surface area contributed by atoms with Crippen molar-refractivity contribution in [3.63, 3.8) is 0 Å². The minimum Gasteiger partial charge on any atom is -0.343 e. The highest BCUT2D eigenvalue weighted by molar-refractivity contribution is 7.89. The van der Waals surface area contributed by atoms with E-state index in [1.165, 1.54) is 4.31 Å². The van der Waals surface area contributed by atoms with E-state index in [2.05, 4.69) is 6.92 Å². The van der Waals surface area contributed by atoms with Gasteiger partial charge in [0.2, 0.25) is 15.9 Å². The second kappa shape index (κ2) is 8.62. The fourth-order valence-electron chi connectivity index (χ4n) is 3.12. The van der Waals surface area contributed by atoms with E-state index in [0.29, 0.717) is 30.8 Å². The number of piperidine rings is 1. The number of hydrogen-bond donors (Lipinski definition) is 0. The largest absolute Gasteiger partial charge is 0.343 e. The van der Waals surface area contributed by atoms with Gasteiger partial charge in [-0.15, -0.1) is 0 Å². The molecular weight excluding hydrogens is 324 g/mol. The van der Waals surface area contributed by atoms with Crippen LogP contribution in [0.25, 0.3) is 0 Å². The average molecular weight is 353 g/mol. The van der Waals surface area contributed by atoms with Crippen LogP contribution in [0.15, 0.2) is 35.2 Å². The molecule has 6 heteroatoms. The molecule has 2 rings (SSSR count). The van der Waals surface area contributed by atoms with Crippen LogP contribution in [0.4, 0.5) is 0 Å². The van der Waals surface area contributed by atoms with Crippen molar-refractivity contribution >= 4 is 15.9 Å². The predicted octanol–water partition coefficient (Wildman–Crippen LogP) is 2.74. The van der Waals surface area contributed by atoms with E-state index < -0.39 is 10.0 Å². The summed E-state index contributed by atoms with van der Waals surface area (Å²) in [6, 6.07) is 8.51. The van der Waals surface area contributed by atoms with Crippen LogP contribution in [0, 0.1) is 5.92 Å². The van der Waals surface area contributed by atoms with Gasteiger partial charge in [0, 0.05) is 32.1 Å². The van der Waals surface area contributed by atoms with Gasteiger partial charge < -0.3 is 4.90 Å². The van der Waals surface area contributed by atoms with Crippen LogP contribution in [0.2, 0.25) is 0 Å². The molecule has 5 nitrogen and oxygen atoms in total. The lowest BCUT2D eigenvalue weighted by molar-refractivity contribution is -0.136. The summed E-state index contributed by atoms with van der Waals surface area (Å²) in [5.41, 5.74) is 0. The Morgan fingerprint density at radius 1 is 1.17 bits per heavy atom. The van der Waals surface area contributed by atoms with Gasteiger partial charge in [0.05, 0.1) is 4.90 Å². The molecule has 1 amide bonds. The lowest BCUT2D eigenvalue weighted by Crippen LogP contribution is -2.44. The quantitative estimate of drug-likeness (QED) is 0.758. The monoisotopic (exact) mass is 352 g/mol. The van der Waals surface area contributed by atoms with Gasteiger partial charge in [-0.05, 0) is 38.3 Å². The topological polar surface area (TPSA) is 57.7 Å². The van der Waals surface area contributed by atoms with Crippen molar-refractivity contribution < 1.29 is 13.2 Å². The molecule has 0 bridgehead atoms. The number of hydrogen-bond acceptors (Lipinski definition) is 3. The Morgan fingerprint density at radius 2 is 1.79 bits per heavy atom. The molecule has 0 atom stereocenters. The molecule has 1 aliphatic heterocycles. The molecule has 1 heterocycles. The second-order valence-electron chi connectivity index (χ2n) is 6.26. The van der Waals surface area contributed by atoms with Crippen molar-refractivity contribution in [1.29, 1.82) is 0 Å². The maximum atomic E-state index is 12.6. The summed E-state index contributed by atoms with van der Waals surface area (Å²) < 4.78 is 26.8. The summed E-state index contributed by atoms with van der Waals surface area (Å²) in [6.45, 7) is 6.47. The minimum absolute atomic E-state index is 0.0518. The summed E-state index contributed by atoms with van der Waals surface area (Å²) in [5.74, 6) is 0.131. The lowest BCUT2D eigenvalue weighted by Gasteiger charge is -2.33. The number of benzene rings is 1. The molecule has 1 aliphatic rings. The van der Waals surface area contributed by atoms with E-state index >= 15 is 0 Å². The maximum Gasteiger partial charge on any atom is 0.243 e. The fraction of sp³-hybridized carbons (Fsp3) is 0.611. The lowest BCUT2D eigenvalue weighted by atomic mass is 9.96. The van der Waals surface area contributed by atoms with E-state index in [1.807, 2.05) is 11.8 Å². The van der Waals surface area contributed by atoms with E-state index in [1.54, 1.807) is 30.3 Å². The highest BCUT2D eigenvalue weighted by atomic mass is 32.2. The zero-order valence-electron chi connectivity index (χ0n) is 14.6. The first-order chi connectivity index (χ1) is 11.5. The van der Waals surface area contributed by atoms with Gasteiger partial charge in [-0.3, -0.25) is 4.79 Å². The standard InChI is InChI=1S/C18H28N2O3S/c1-3-5-13-19(4-2)18(21)16-11-14-20(15-12-16)24(22,23)17-9-7-6-8-10-17/h6-10,16H,3-5,11-15H2,1-2H3. The summed E-state index contributed by atoms with van der Waals surface area (Å²) in [7, 11) is -3.44. The zero-order valence-corrected chi connectivity index (χ0v) is 15.5. The second-order valence-corrected chi connectivity index (χ2v) is 8.20. The van der Waals surface area contributed by atoms with Gasteiger partial charge in [-0.1, -0.05) is 31.5 Å². The summed E-state index contributed by atoms with van der Waals surface area (Å²) in [5, 5.41) is 0. The van der Waals surface area contributed by atoms with Crippen LogP contribution >= 0.6 is 0 Å². The number of carbonyl (C=O) groups is 1. The Bertz CT molecular complexity index is 623. The van der Waals surface area contributed by atoms with Gasteiger partial charge in [0.15, 0.2) is 0 Å². The van der Waals surface area contributed by atoms with E-state index in [4.69, 9.17) is 0 Å². The molecule has 0 aliphatic carbocycles. The van der Waals surface area contributed by atoms with E-state index in [-0.39, 0.29) is 11.8 Å². The molecule has 0 spiro atoms. The summed E-state index contributed by atoms with van der Waals surface area (Å²) in [6.07, 6.45) is 3.29. The van der Waals surface area contributed by atoms with E-state index in [0.717, 1.165) is 25.9 Å². The van der Waals surface area contributed by atoms with Crippen molar-refractivity contribution in [3.05, 3.63) is 30.3 Å². The number of unbranched alkanes of at least 4 members (excludes halogenated alkanes) is 1. The molecule has 0 unspecified atom stereocenters. The van der Waals surface area contributed by atoms with Crippen molar-refractivity contribution in [3.8, 4) is 0 Å². The summed E-state index contributed by atoms with van der Waals surface area (Å²) in [4.78, 5) is 14.9. The number of carbonyl (C=O) groups excluding carboxylic acids is 1. The Balaban J connectivity index is 1.97. The Labute approximate surface area is 145 Å². The normalized spacial score (nSPS) is 16.9. The highest BCUT2D eigenvalue weighted by Crippen LogP contribution is 2.25. The van der Waals surface area contributed by atoms with Crippen molar-refractivity contribution in [2.24, 2.45) is 5.92 Å². The predicted molar refractivity (Wildman–Crippen MR) is 95.1 cm³/mol. The Kier molecular flexibility index (Phi) is 6.80. The van der Waals surface area contributed by atoms with Gasteiger partial charge in [0.1, 0.15) is 0 Å². The maximum absolute atomic E-state index is 12.6. The SMILES string of the molecule is CCCCN(CC)C(=O)C1CCN(S(=O)(=O)c2ccccc2)CC1. The Morgan fingerprint density at radius 3 is 2.33 bits per heavy atom. The Hall–Kier alpha value is -1.40. The minimum atomic E-state index is -3.44. The molecule has 1 saturated heterocycles. The molecule has 0 N–H and O–H groups in total. The van der Waals surface area contributed by atoms with Crippen LogP contribution < -0.4 is 0 Å². The van der Waals surface area contributed by atoms with Gasteiger partial charge >= 0.3 is 0 Å². The molecule has 1 aromatic rings. The molecular formula is C18H28N2O3S.